The van der Waals surface area contributed by atoms with Crippen molar-refractivity contribution >= 4 is 0 Å². The van der Waals surface area contributed by atoms with Gasteiger partial charge in [0.15, 0.2) is 5.82 Å². The van der Waals surface area contributed by atoms with Crippen molar-refractivity contribution in [1.29, 1.82) is 0 Å². The van der Waals surface area contributed by atoms with Crippen molar-refractivity contribution in [3.05, 3.63) is 23.3 Å². The molecule has 0 saturated carbocycles. The van der Waals surface area contributed by atoms with Crippen molar-refractivity contribution < 1.29 is 4.74 Å². The zero-order valence-corrected chi connectivity index (χ0v) is 9.09. The molecule has 74 valence electrons. The Morgan fingerprint density at radius 1 is 1.15 bits per heavy atom. The summed E-state index contributed by atoms with van der Waals surface area (Å²) in [6, 6.07) is 1.94. The highest BCUT2D eigenvalue weighted by Gasteiger charge is 1.96. The molecule has 0 amide bonds. The molecule has 0 radical (unpaired) electrons. The van der Waals surface area contributed by atoms with E-state index in [2.05, 4.69) is 9.97 Å². The smallest absolute Gasteiger partial charge is 0.154 e. The lowest BCUT2D eigenvalue weighted by atomic mass is 10.3. The van der Waals surface area contributed by atoms with Gasteiger partial charge in [0, 0.05) is 18.5 Å². The second kappa shape index (κ2) is 6.54. The molecule has 0 N–H and O–H groups in total. The maximum Gasteiger partial charge on any atom is 0.154 e. The second-order valence-corrected chi connectivity index (χ2v) is 2.50. The number of nitrogens with zero attached hydrogens (tertiary/aromatic N) is 2. The minimum Gasteiger partial charge on any atom is -0.377 e. The van der Waals surface area contributed by atoms with E-state index in [1.165, 1.54) is 0 Å². The monoisotopic (exact) mass is 182 g/mol. The maximum atomic E-state index is 4.91. The van der Waals surface area contributed by atoms with E-state index in [-0.39, 0.29) is 0 Å². The lowest BCUT2D eigenvalue weighted by Crippen LogP contribution is -1.99. The van der Waals surface area contributed by atoms with Crippen LogP contribution in [0.15, 0.2) is 6.07 Å². The summed E-state index contributed by atoms with van der Waals surface area (Å²) in [6.45, 7) is 8.39. The van der Waals surface area contributed by atoms with Crippen molar-refractivity contribution in [2.75, 3.05) is 7.11 Å². The summed E-state index contributed by atoms with van der Waals surface area (Å²) >= 11 is 0. The van der Waals surface area contributed by atoms with E-state index in [9.17, 15) is 0 Å². The van der Waals surface area contributed by atoms with Crippen LogP contribution in [0.4, 0.5) is 0 Å². The number of rotatable bonds is 2. The molecule has 1 rings (SSSR count). The predicted molar refractivity (Wildman–Crippen MR) is 53.6 cm³/mol. The van der Waals surface area contributed by atoms with Gasteiger partial charge in [-0.3, -0.25) is 0 Å². The van der Waals surface area contributed by atoms with E-state index in [0.29, 0.717) is 6.61 Å². The Kier molecular flexibility index (Phi) is 6.06. The summed E-state index contributed by atoms with van der Waals surface area (Å²) in [5.41, 5.74) is 1.98. The summed E-state index contributed by atoms with van der Waals surface area (Å²) in [4.78, 5) is 8.38. The third-order valence-corrected chi connectivity index (χ3v) is 1.30. The number of aryl methyl sites for hydroxylation is 2. The molecule has 0 aliphatic carbocycles. The molecule has 13 heavy (non-hydrogen) atoms. The van der Waals surface area contributed by atoms with Crippen LogP contribution in [0, 0.1) is 13.8 Å². The van der Waals surface area contributed by atoms with Crippen molar-refractivity contribution in [2.45, 2.75) is 34.3 Å². The quantitative estimate of drug-likeness (QED) is 0.703. The van der Waals surface area contributed by atoms with Crippen LogP contribution in [0.2, 0.25) is 0 Å². The van der Waals surface area contributed by atoms with Gasteiger partial charge in [0.2, 0.25) is 0 Å². The lowest BCUT2D eigenvalue weighted by molar-refractivity contribution is 0.177. The third kappa shape index (κ3) is 4.58. The largest absolute Gasteiger partial charge is 0.377 e. The first kappa shape index (κ1) is 12.0. The average Bonchev–Trinajstić information content (AvgIpc) is 2.06. The molecule has 0 fully saturated rings. The van der Waals surface area contributed by atoms with E-state index in [1.54, 1.807) is 7.11 Å². The molecule has 0 atom stereocenters. The molecule has 0 spiro atoms. The SMILES string of the molecule is CC.COCc1nc(C)cc(C)n1. The Labute approximate surface area is 80.2 Å². The van der Waals surface area contributed by atoms with Gasteiger partial charge in [-0.2, -0.15) is 0 Å². The summed E-state index contributed by atoms with van der Waals surface area (Å²) in [5.74, 6) is 0.755. The van der Waals surface area contributed by atoms with Gasteiger partial charge in [0.25, 0.3) is 0 Å². The van der Waals surface area contributed by atoms with Gasteiger partial charge in [0.1, 0.15) is 6.61 Å². The van der Waals surface area contributed by atoms with Crippen LogP contribution in [-0.4, -0.2) is 17.1 Å². The van der Waals surface area contributed by atoms with Crippen LogP contribution >= 0.6 is 0 Å². The molecule has 3 nitrogen and oxygen atoms in total. The molecule has 0 aliphatic heterocycles. The normalized spacial score (nSPS) is 9.00. The Hall–Kier alpha value is -0.960. The topological polar surface area (TPSA) is 35.0 Å². The van der Waals surface area contributed by atoms with Crippen LogP contribution in [0.3, 0.4) is 0 Å². The first-order valence-corrected chi connectivity index (χ1v) is 4.52. The molecule has 1 aromatic rings. The molecule has 0 aromatic carbocycles. The van der Waals surface area contributed by atoms with Gasteiger partial charge < -0.3 is 4.74 Å². The molecule has 3 heteroatoms. The third-order valence-electron chi connectivity index (χ3n) is 1.30. The zero-order chi connectivity index (χ0) is 10.3. The van der Waals surface area contributed by atoms with Crippen molar-refractivity contribution in [3.63, 3.8) is 0 Å². The molecular formula is C10H18N2O. The van der Waals surface area contributed by atoms with Gasteiger partial charge in [0.05, 0.1) is 0 Å². The van der Waals surface area contributed by atoms with Gasteiger partial charge >= 0.3 is 0 Å². The average molecular weight is 182 g/mol. The summed E-state index contributed by atoms with van der Waals surface area (Å²) in [6.07, 6.45) is 0. The number of hydrogen-bond donors (Lipinski definition) is 0. The Morgan fingerprint density at radius 2 is 1.62 bits per heavy atom. The lowest BCUT2D eigenvalue weighted by Gasteiger charge is -2.00. The minimum absolute atomic E-state index is 0.489. The molecule has 0 unspecified atom stereocenters. The van der Waals surface area contributed by atoms with Gasteiger partial charge in [-0.15, -0.1) is 0 Å². The van der Waals surface area contributed by atoms with Crippen LogP contribution in [0.25, 0.3) is 0 Å². The highest BCUT2D eigenvalue weighted by atomic mass is 16.5. The first-order chi connectivity index (χ1) is 6.22. The second-order valence-electron chi connectivity index (χ2n) is 2.50. The highest BCUT2D eigenvalue weighted by Crippen LogP contribution is 1.99. The fraction of sp³-hybridized carbons (Fsp3) is 0.600. The van der Waals surface area contributed by atoms with Gasteiger partial charge in [-0.25, -0.2) is 9.97 Å². The van der Waals surface area contributed by atoms with E-state index in [1.807, 2.05) is 33.8 Å². The van der Waals surface area contributed by atoms with Crippen molar-refractivity contribution in [2.24, 2.45) is 0 Å². The van der Waals surface area contributed by atoms with Crippen LogP contribution in [-0.2, 0) is 11.3 Å². The van der Waals surface area contributed by atoms with Crippen molar-refractivity contribution in [3.8, 4) is 0 Å². The Balaban J connectivity index is 0.000000671. The summed E-state index contributed by atoms with van der Waals surface area (Å²) in [5, 5.41) is 0. The van der Waals surface area contributed by atoms with Gasteiger partial charge in [-0.1, -0.05) is 13.8 Å². The molecule has 0 aliphatic rings. The Morgan fingerprint density at radius 3 is 2.00 bits per heavy atom. The number of ether oxygens (including phenoxy) is 1. The van der Waals surface area contributed by atoms with E-state index < -0.39 is 0 Å². The first-order valence-electron chi connectivity index (χ1n) is 4.52. The number of hydrogen-bond acceptors (Lipinski definition) is 3. The van der Waals surface area contributed by atoms with E-state index in [4.69, 9.17) is 4.74 Å². The van der Waals surface area contributed by atoms with Crippen LogP contribution in [0.1, 0.15) is 31.1 Å². The number of methoxy groups -OCH3 is 1. The molecule has 1 aromatic heterocycles. The van der Waals surface area contributed by atoms with E-state index >= 15 is 0 Å². The zero-order valence-electron chi connectivity index (χ0n) is 9.09. The van der Waals surface area contributed by atoms with Crippen LogP contribution in [0.5, 0.6) is 0 Å². The summed E-state index contributed by atoms with van der Waals surface area (Å²) < 4.78 is 4.91. The van der Waals surface area contributed by atoms with Crippen LogP contribution < -0.4 is 0 Å². The highest BCUT2D eigenvalue weighted by molar-refractivity contribution is 5.07. The molecular weight excluding hydrogens is 164 g/mol. The molecule has 0 bridgehead atoms. The summed E-state index contributed by atoms with van der Waals surface area (Å²) in [7, 11) is 1.64. The maximum absolute atomic E-state index is 4.91. The minimum atomic E-state index is 0.489. The molecule has 1 heterocycles. The Bertz CT molecular complexity index is 228. The van der Waals surface area contributed by atoms with Crippen molar-refractivity contribution in [1.82, 2.24) is 9.97 Å². The number of aromatic nitrogens is 2. The fourth-order valence-electron chi connectivity index (χ4n) is 0.993. The molecule has 0 saturated heterocycles. The van der Waals surface area contributed by atoms with E-state index in [0.717, 1.165) is 17.2 Å². The fourth-order valence-corrected chi connectivity index (χ4v) is 0.993. The van der Waals surface area contributed by atoms with Gasteiger partial charge in [-0.05, 0) is 19.9 Å². The standard InChI is InChI=1S/C8H12N2O.C2H6/c1-6-4-7(2)10-8(9-6)5-11-3;1-2/h4H,5H2,1-3H3;1-2H3. The predicted octanol–water partition coefficient (Wildman–Crippen LogP) is 2.27.